The molecule has 3 N–H and O–H groups in total. The van der Waals surface area contributed by atoms with Crippen LogP contribution in [0.1, 0.15) is 46.0 Å². The highest BCUT2D eigenvalue weighted by Gasteiger charge is 2.26. The molecule has 0 aromatic carbocycles. The predicted octanol–water partition coefficient (Wildman–Crippen LogP) is 1.33. The van der Waals surface area contributed by atoms with Crippen molar-refractivity contribution in [2.24, 2.45) is 5.73 Å². The monoisotopic (exact) mass is 225 g/mol. The fraction of sp³-hybridized carbons (Fsp3) is 1.00. The molecular weight excluding hydrogens is 198 g/mol. The average molecular weight is 225 g/mol. The number of nitrogens with zero attached hydrogens (tertiary/aromatic N) is 1. The van der Waals surface area contributed by atoms with Gasteiger partial charge in [-0.15, -0.1) is 0 Å². The first kappa shape index (κ1) is 12.3. The minimum Gasteiger partial charge on any atom is -0.328 e. The van der Waals surface area contributed by atoms with Crippen molar-refractivity contribution < 1.29 is 0 Å². The highest BCUT2D eigenvalue weighted by molar-refractivity contribution is 4.87. The number of nitrogens with two attached hydrogens (primary N) is 1. The van der Waals surface area contributed by atoms with Gasteiger partial charge in [-0.2, -0.15) is 0 Å². The molecule has 16 heavy (non-hydrogen) atoms. The van der Waals surface area contributed by atoms with Crippen LogP contribution in [0.4, 0.5) is 0 Å². The lowest BCUT2D eigenvalue weighted by atomic mass is 10.0. The van der Waals surface area contributed by atoms with Crippen molar-refractivity contribution in [3.63, 3.8) is 0 Å². The molecular formula is C13H27N3. The predicted molar refractivity (Wildman–Crippen MR) is 68.5 cm³/mol. The van der Waals surface area contributed by atoms with Crippen LogP contribution in [0.3, 0.4) is 0 Å². The Bertz CT molecular complexity index is 209. The summed E-state index contributed by atoms with van der Waals surface area (Å²) in [5.41, 5.74) is 5.94. The van der Waals surface area contributed by atoms with Crippen LogP contribution in [-0.2, 0) is 0 Å². The molecule has 2 unspecified atom stereocenters. The van der Waals surface area contributed by atoms with Crippen LogP contribution in [0.25, 0.3) is 0 Å². The van der Waals surface area contributed by atoms with E-state index in [4.69, 9.17) is 5.73 Å². The number of hydrogen-bond acceptors (Lipinski definition) is 3. The molecule has 0 amide bonds. The molecule has 0 spiro atoms. The van der Waals surface area contributed by atoms with Crippen LogP contribution in [0.2, 0.25) is 0 Å². The summed E-state index contributed by atoms with van der Waals surface area (Å²) in [7, 11) is 0. The molecule has 3 heteroatoms. The van der Waals surface area contributed by atoms with Crippen LogP contribution in [0.5, 0.6) is 0 Å². The van der Waals surface area contributed by atoms with Crippen LogP contribution >= 0.6 is 0 Å². The third kappa shape index (κ3) is 3.19. The summed E-state index contributed by atoms with van der Waals surface area (Å²) in [5.74, 6) is 0. The van der Waals surface area contributed by atoms with E-state index in [1.165, 1.54) is 45.2 Å². The number of likely N-dealkylation sites (tertiary alicyclic amines) is 1. The van der Waals surface area contributed by atoms with Gasteiger partial charge in [0.05, 0.1) is 0 Å². The Balaban J connectivity index is 1.69. The van der Waals surface area contributed by atoms with Crippen molar-refractivity contribution in [1.29, 1.82) is 0 Å². The second kappa shape index (κ2) is 5.48. The topological polar surface area (TPSA) is 41.3 Å². The van der Waals surface area contributed by atoms with Crippen molar-refractivity contribution in [3.05, 3.63) is 0 Å². The number of rotatable bonds is 3. The van der Waals surface area contributed by atoms with Gasteiger partial charge in [0.15, 0.2) is 0 Å². The van der Waals surface area contributed by atoms with E-state index >= 15 is 0 Å². The van der Waals surface area contributed by atoms with Gasteiger partial charge in [-0.3, -0.25) is 0 Å². The van der Waals surface area contributed by atoms with Crippen LogP contribution in [0.15, 0.2) is 0 Å². The minimum absolute atomic E-state index is 0.452. The summed E-state index contributed by atoms with van der Waals surface area (Å²) in [6.07, 6.45) is 6.30. The summed E-state index contributed by atoms with van der Waals surface area (Å²) in [6.45, 7) is 7.11. The van der Waals surface area contributed by atoms with E-state index in [-0.39, 0.29) is 0 Å². The highest BCUT2D eigenvalue weighted by Crippen LogP contribution is 2.20. The minimum atomic E-state index is 0.452. The summed E-state index contributed by atoms with van der Waals surface area (Å²) in [4.78, 5) is 2.58. The van der Waals surface area contributed by atoms with E-state index < -0.39 is 0 Å². The second-order valence-electron chi connectivity index (χ2n) is 5.84. The SMILES string of the molecule is CC(C)N1CCC(NC2CCC(N)C2)CC1. The lowest BCUT2D eigenvalue weighted by Gasteiger charge is -2.36. The van der Waals surface area contributed by atoms with Crippen LogP contribution in [-0.4, -0.2) is 42.2 Å². The quantitative estimate of drug-likeness (QED) is 0.761. The van der Waals surface area contributed by atoms with Crippen molar-refractivity contribution in [3.8, 4) is 0 Å². The molecule has 1 aliphatic carbocycles. The largest absolute Gasteiger partial charge is 0.328 e. The smallest absolute Gasteiger partial charge is 0.00940 e. The van der Waals surface area contributed by atoms with Crippen molar-refractivity contribution in [2.45, 2.75) is 70.1 Å². The Kier molecular flexibility index (Phi) is 4.22. The average Bonchev–Trinajstić information content (AvgIpc) is 2.65. The molecule has 94 valence electrons. The van der Waals surface area contributed by atoms with Gasteiger partial charge in [-0.1, -0.05) is 0 Å². The van der Waals surface area contributed by atoms with Gasteiger partial charge in [0.1, 0.15) is 0 Å². The molecule has 2 fully saturated rings. The van der Waals surface area contributed by atoms with Gasteiger partial charge in [0.2, 0.25) is 0 Å². The van der Waals surface area contributed by atoms with Gasteiger partial charge in [0.25, 0.3) is 0 Å². The van der Waals surface area contributed by atoms with Gasteiger partial charge in [-0.05, 0) is 59.0 Å². The molecule has 0 aromatic heterocycles. The van der Waals surface area contributed by atoms with E-state index in [0.717, 1.165) is 6.04 Å². The number of piperidine rings is 1. The molecule has 1 aliphatic heterocycles. The number of nitrogens with one attached hydrogen (secondary N) is 1. The fourth-order valence-electron chi connectivity index (χ4n) is 3.08. The molecule has 2 aliphatic rings. The van der Waals surface area contributed by atoms with Gasteiger partial charge < -0.3 is 16.0 Å². The summed E-state index contributed by atoms with van der Waals surface area (Å²) in [5, 5.41) is 3.80. The van der Waals surface area contributed by atoms with Crippen LogP contribution in [0, 0.1) is 0 Å². The maximum atomic E-state index is 5.94. The highest BCUT2D eigenvalue weighted by atomic mass is 15.2. The third-order valence-electron chi connectivity index (χ3n) is 4.20. The Morgan fingerprint density at radius 2 is 1.75 bits per heavy atom. The lowest BCUT2D eigenvalue weighted by Crippen LogP contribution is -2.47. The maximum Gasteiger partial charge on any atom is 0.00940 e. The molecule has 1 saturated carbocycles. The first-order valence-corrected chi connectivity index (χ1v) is 6.91. The van der Waals surface area contributed by atoms with Gasteiger partial charge >= 0.3 is 0 Å². The molecule has 1 heterocycles. The van der Waals surface area contributed by atoms with Crippen molar-refractivity contribution in [2.75, 3.05) is 13.1 Å². The maximum absolute atomic E-state index is 5.94. The third-order valence-corrected chi connectivity index (χ3v) is 4.20. The Morgan fingerprint density at radius 3 is 2.25 bits per heavy atom. The standard InChI is InChI=1S/C13H27N3/c1-10(2)16-7-5-12(6-8-16)15-13-4-3-11(14)9-13/h10-13,15H,3-9,14H2,1-2H3. The summed E-state index contributed by atoms with van der Waals surface area (Å²) in [6, 6.07) is 2.60. The molecule has 3 nitrogen and oxygen atoms in total. The van der Waals surface area contributed by atoms with Crippen molar-refractivity contribution >= 4 is 0 Å². The lowest BCUT2D eigenvalue weighted by molar-refractivity contribution is 0.156. The summed E-state index contributed by atoms with van der Waals surface area (Å²) < 4.78 is 0. The first-order chi connectivity index (χ1) is 7.65. The molecule has 0 aromatic rings. The van der Waals surface area contributed by atoms with E-state index in [1.54, 1.807) is 0 Å². The Labute approximate surface area is 99.8 Å². The number of hydrogen-bond donors (Lipinski definition) is 2. The van der Waals surface area contributed by atoms with Gasteiger partial charge in [0, 0.05) is 24.2 Å². The van der Waals surface area contributed by atoms with E-state index in [0.29, 0.717) is 18.1 Å². The zero-order chi connectivity index (χ0) is 11.5. The molecule has 2 atom stereocenters. The van der Waals surface area contributed by atoms with Crippen LogP contribution < -0.4 is 11.1 Å². The zero-order valence-corrected chi connectivity index (χ0v) is 10.8. The second-order valence-corrected chi connectivity index (χ2v) is 5.84. The Hall–Kier alpha value is -0.120. The molecule has 0 radical (unpaired) electrons. The zero-order valence-electron chi connectivity index (χ0n) is 10.8. The Morgan fingerprint density at radius 1 is 1.06 bits per heavy atom. The molecule has 0 bridgehead atoms. The van der Waals surface area contributed by atoms with Crippen molar-refractivity contribution in [1.82, 2.24) is 10.2 Å². The van der Waals surface area contributed by atoms with E-state index in [2.05, 4.69) is 24.1 Å². The van der Waals surface area contributed by atoms with E-state index in [1.807, 2.05) is 0 Å². The van der Waals surface area contributed by atoms with E-state index in [9.17, 15) is 0 Å². The fourth-order valence-corrected chi connectivity index (χ4v) is 3.08. The molecule has 2 rings (SSSR count). The molecule has 1 saturated heterocycles. The summed E-state index contributed by atoms with van der Waals surface area (Å²) >= 11 is 0. The first-order valence-electron chi connectivity index (χ1n) is 6.91. The normalized spacial score (nSPS) is 33.8. The van der Waals surface area contributed by atoms with Gasteiger partial charge in [-0.25, -0.2) is 0 Å².